The minimum atomic E-state index is 0.949. The van der Waals surface area contributed by atoms with Crippen LogP contribution in [-0.2, 0) is 0 Å². The Labute approximate surface area is 82.7 Å². The van der Waals surface area contributed by atoms with E-state index in [0.717, 1.165) is 11.8 Å². The van der Waals surface area contributed by atoms with Gasteiger partial charge < -0.3 is 10.2 Å². The molecule has 0 aromatic carbocycles. The van der Waals surface area contributed by atoms with Gasteiger partial charge in [-0.2, -0.15) is 0 Å². The number of likely N-dealkylation sites (tertiary alicyclic amines) is 1. The zero-order chi connectivity index (χ0) is 9.68. The van der Waals surface area contributed by atoms with Crippen molar-refractivity contribution in [1.82, 2.24) is 10.2 Å². The Morgan fingerprint density at radius 3 is 2.15 bits per heavy atom. The fourth-order valence-corrected chi connectivity index (χ4v) is 1.79. The first-order valence-electron chi connectivity index (χ1n) is 5.61. The summed E-state index contributed by atoms with van der Waals surface area (Å²) in [5.74, 6) is 1.95. The van der Waals surface area contributed by atoms with Crippen LogP contribution in [0.2, 0.25) is 0 Å². The molecule has 2 aliphatic rings. The van der Waals surface area contributed by atoms with E-state index in [-0.39, 0.29) is 0 Å². The molecule has 78 valence electrons. The maximum absolute atomic E-state index is 3.21. The topological polar surface area (TPSA) is 15.3 Å². The molecule has 13 heavy (non-hydrogen) atoms. The lowest BCUT2D eigenvalue weighted by Gasteiger charge is -2.25. The average molecular weight is 184 g/mol. The van der Waals surface area contributed by atoms with Crippen LogP contribution in [0.25, 0.3) is 0 Å². The molecule has 2 heterocycles. The van der Waals surface area contributed by atoms with Crippen LogP contribution < -0.4 is 5.32 Å². The second kappa shape index (κ2) is 5.61. The van der Waals surface area contributed by atoms with E-state index in [4.69, 9.17) is 0 Å². The molecule has 2 nitrogen and oxygen atoms in total. The normalized spacial score (nSPS) is 29.3. The predicted octanol–water partition coefficient (Wildman–Crippen LogP) is 1.57. The lowest BCUT2D eigenvalue weighted by molar-refractivity contribution is 0.339. The van der Waals surface area contributed by atoms with Gasteiger partial charge in [-0.25, -0.2) is 0 Å². The third kappa shape index (κ3) is 4.10. The highest BCUT2D eigenvalue weighted by Gasteiger charge is 2.13. The van der Waals surface area contributed by atoms with Crippen molar-refractivity contribution >= 4 is 0 Å². The van der Waals surface area contributed by atoms with Crippen LogP contribution in [0, 0.1) is 11.8 Å². The van der Waals surface area contributed by atoms with Crippen molar-refractivity contribution in [2.45, 2.75) is 26.7 Å². The molecule has 0 aromatic rings. The first-order valence-corrected chi connectivity index (χ1v) is 5.61. The first-order chi connectivity index (χ1) is 6.22. The maximum atomic E-state index is 3.21. The molecule has 1 atom stereocenters. The Bertz CT molecular complexity index is 121. The summed E-state index contributed by atoms with van der Waals surface area (Å²) in [6, 6.07) is 0. The van der Waals surface area contributed by atoms with Gasteiger partial charge in [0.2, 0.25) is 0 Å². The highest BCUT2D eigenvalue weighted by atomic mass is 15.1. The van der Waals surface area contributed by atoms with Crippen LogP contribution >= 0.6 is 0 Å². The van der Waals surface area contributed by atoms with E-state index < -0.39 is 0 Å². The third-order valence-corrected chi connectivity index (χ3v) is 3.07. The van der Waals surface area contributed by atoms with Crippen molar-refractivity contribution in [3.63, 3.8) is 0 Å². The van der Waals surface area contributed by atoms with Crippen LogP contribution in [0.15, 0.2) is 0 Å². The molecule has 0 saturated carbocycles. The maximum Gasteiger partial charge on any atom is 0.000445 e. The molecule has 2 saturated heterocycles. The monoisotopic (exact) mass is 184 g/mol. The standard InChI is InChI=1S/C6H13N.C5H11N/c1-6-3-4-7(2)5-6;1-2-5-3-6-4-5/h6H,3-5H2,1-2H3;5-6H,2-4H2,1H3. The molecule has 2 fully saturated rings. The fourth-order valence-electron chi connectivity index (χ4n) is 1.79. The van der Waals surface area contributed by atoms with E-state index in [1.807, 2.05) is 0 Å². The first kappa shape index (κ1) is 11.0. The average Bonchev–Trinajstić information content (AvgIpc) is 2.33. The molecule has 1 unspecified atom stereocenters. The van der Waals surface area contributed by atoms with Gasteiger partial charge in [-0.05, 0) is 44.9 Å². The molecule has 0 bridgehead atoms. The second-order valence-corrected chi connectivity index (χ2v) is 4.59. The number of nitrogens with zero attached hydrogens (tertiary/aromatic N) is 1. The summed E-state index contributed by atoms with van der Waals surface area (Å²) in [6.07, 6.45) is 2.75. The zero-order valence-electron chi connectivity index (χ0n) is 9.34. The van der Waals surface area contributed by atoms with Crippen molar-refractivity contribution < 1.29 is 0 Å². The Kier molecular flexibility index (Phi) is 4.74. The van der Waals surface area contributed by atoms with Crippen molar-refractivity contribution in [3.05, 3.63) is 0 Å². The molecule has 1 N–H and O–H groups in total. The smallest absolute Gasteiger partial charge is 0.000445 e. The quantitative estimate of drug-likeness (QED) is 0.665. The van der Waals surface area contributed by atoms with E-state index in [2.05, 4.69) is 31.1 Å². The Morgan fingerprint density at radius 2 is 2.08 bits per heavy atom. The Hall–Kier alpha value is -0.0800. The van der Waals surface area contributed by atoms with Crippen LogP contribution in [0.3, 0.4) is 0 Å². The van der Waals surface area contributed by atoms with Crippen molar-refractivity contribution in [2.24, 2.45) is 11.8 Å². The van der Waals surface area contributed by atoms with Gasteiger partial charge in [-0.3, -0.25) is 0 Å². The van der Waals surface area contributed by atoms with Gasteiger partial charge in [-0.15, -0.1) is 0 Å². The minimum absolute atomic E-state index is 0.949. The number of hydrogen-bond donors (Lipinski definition) is 1. The van der Waals surface area contributed by atoms with E-state index >= 15 is 0 Å². The summed E-state index contributed by atoms with van der Waals surface area (Å²) in [5.41, 5.74) is 0. The molecule has 2 rings (SSSR count). The molecule has 0 spiro atoms. The summed E-state index contributed by atoms with van der Waals surface area (Å²) < 4.78 is 0. The summed E-state index contributed by atoms with van der Waals surface area (Å²) in [5, 5.41) is 3.21. The van der Waals surface area contributed by atoms with Gasteiger partial charge in [-0.1, -0.05) is 20.3 Å². The zero-order valence-corrected chi connectivity index (χ0v) is 9.34. The van der Waals surface area contributed by atoms with E-state index in [1.54, 1.807) is 0 Å². The third-order valence-electron chi connectivity index (χ3n) is 3.07. The largest absolute Gasteiger partial charge is 0.316 e. The van der Waals surface area contributed by atoms with Gasteiger partial charge in [0, 0.05) is 6.54 Å². The summed E-state index contributed by atoms with van der Waals surface area (Å²) in [7, 11) is 2.18. The van der Waals surface area contributed by atoms with E-state index in [9.17, 15) is 0 Å². The fraction of sp³-hybridized carbons (Fsp3) is 1.00. The SMILES string of the molecule is CC1CCN(C)C1.CCC1CNC1. The summed E-state index contributed by atoms with van der Waals surface area (Å²) in [6.45, 7) is 9.68. The molecule has 0 amide bonds. The lowest BCUT2D eigenvalue weighted by Crippen LogP contribution is -2.41. The Balaban J connectivity index is 0.000000132. The van der Waals surface area contributed by atoms with Gasteiger partial charge >= 0.3 is 0 Å². The van der Waals surface area contributed by atoms with Crippen molar-refractivity contribution in [3.8, 4) is 0 Å². The van der Waals surface area contributed by atoms with Crippen LogP contribution in [-0.4, -0.2) is 38.1 Å². The van der Waals surface area contributed by atoms with Crippen LogP contribution in [0.5, 0.6) is 0 Å². The highest BCUT2D eigenvalue weighted by Crippen LogP contribution is 2.11. The van der Waals surface area contributed by atoms with Crippen molar-refractivity contribution in [2.75, 3.05) is 33.2 Å². The summed E-state index contributed by atoms with van der Waals surface area (Å²) in [4.78, 5) is 2.38. The molecular weight excluding hydrogens is 160 g/mol. The van der Waals surface area contributed by atoms with Gasteiger partial charge in [0.05, 0.1) is 0 Å². The molecule has 0 aliphatic carbocycles. The molecule has 0 aromatic heterocycles. The highest BCUT2D eigenvalue weighted by molar-refractivity contribution is 4.71. The van der Waals surface area contributed by atoms with Crippen LogP contribution in [0.1, 0.15) is 26.7 Å². The summed E-state index contributed by atoms with van der Waals surface area (Å²) >= 11 is 0. The van der Waals surface area contributed by atoms with Crippen molar-refractivity contribution in [1.29, 1.82) is 0 Å². The van der Waals surface area contributed by atoms with Gasteiger partial charge in [0.1, 0.15) is 0 Å². The minimum Gasteiger partial charge on any atom is -0.316 e. The molecule has 2 heteroatoms. The molecule has 0 radical (unpaired) electrons. The van der Waals surface area contributed by atoms with E-state index in [0.29, 0.717) is 0 Å². The Morgan fingerprint density at radius 1 is 1.38 bits per heavy atom. The molecular formula is C11H24N2. The number of nitrogens with one attached hydrogen (secondary N) is 1. The van der Waals surface area contributed by atoms with Gasteiger partial charge in [0.15, 0.2) is 0 Å². The van der Waals surface area contributed by atoms with Gasteiger partial charge in [0.25, 0.3) is 0 Å². The molecule has 2 aliphatic heterocycles. The van der Waals surface area contributed by atoms with Crippen LogP contribution in [0.4, 0.5) is 0 Å². The number of rotatable bonds is 1. The lowest BCUT2D eigenvalue weighted by atomic mass is 10.0. The number of hydrogen-bond acceptors (Lipinski definition) is 2. The second-order valence-electron chi connectivity index (χ2n) is 4.59. The van der Waals surface area contributed by atoms with E-state index in [1.165, 1.54) is 39.0 Å². The predicted molar refractivity (Wildman–Crippen MR) is 57.9 cm³/mol.